The summed E-state index contributed by atoms with van der Waals surface area (Å²) in [5.41, 5.74) is 0. The Kier molecular flexibility index (Phi) is 5.11. The van der Waals surface area contributed by atoms with Crippen LogP contribution in [0.4, 0.5) is 0 Å². The molecule has 1 unspecified atom stereocenters. The molecule has 2 rings (SSSR count). The van der Waals surface area contributed by atoms with E-state index in [0.717, 1.165) is 11.8 Å². The summed E-state index contributed by atoms with van der Waals surface area (Å²) in [5.74, 6) is 1.90. The van der Waals surface area contributed by atoms with Crippen LogP contribution in [0, 0.1) is 11.8 Å². The lowest BCUT2D eigenvalue weighted by atomic mass is 9.89. The van der Waals surface area contributed by atoms with E-state index in [2.05, 4.69) is 17.1 Å². The van der Waals surface area contributed by atoms with Crippen molar-refractivity contribution in [3.8, 4) is 0 Å². The average Bonchev–Trinajstić information content (AvgIpc) is 2.78. The minimum atomic E-state index is 0.920. The first kappa shape index (κ1) is 12.4. The molecule has 16 heavy (non-hydrogen) atoms. The lowest BCUT2D eigenvalue weighted by Gasteiger charge is -2.22. The lowest BCUT2D eigenvalue weighted by Crippen LogP contribution is -2.30. The molecule has 0 spiro atoms. The van der Waals surface area contributed by atoms with Gasteiger partial charge in [-0.3, -0.25) is 0 Å². The van der Waals surface area contributed by atoms with Crippen LogP contribution < -0.4 is 5.32 Å². The first-order chi connectivity index (χ1) is 7.88. The van der Waals surface area contributed by atoms with Gasteiger partial charge >= 0.3 is 0 Å². The molecule has 0 bridgehead atoms. The van der Waals surface area contributed by atoms with Gasteiger partial charge in [-0.05, 0) is 57.3 Å². The minimum Gasteiger partial charge on any atom is -0.316 e. The van der Waals surface area contributed by atoms with Gasteiger partial charge in [-0.2, -0.15) is 0 Å². The molecule has 1 aliphatic carbocycles. The molecule has 0 aromatic carbocycles. The Hall–Kier alpha value is -0.0800. The van der Waals surface area contributed by atoms with E-state index in [1.54, 1.807) is 0 Å². The van der Waals surface area contributed by atoms with Crippen LogP contribution >= 0.6 is 0 Å². The highest BCUT2D eigenvalue weighted by Crippen LogP contribution is 2.23. The lowest BCUT2D eigenvalue weighted by molar-refractivity contribution is 0.319. The molecule has 2 fully saturated rings. The van der Waals surface area contributed by atoms with Gasteiger partial charge in [0.2, 0.25) is 0 Å². The molecule has 1 heterocycles. The number of hydrogen-bond donors (Lipinski definition) is 1. The van der Waals surface area contributed by atoms with Crippen molar-refractivity contribution in [3.63, 3.8) is 0 Å². The van der Waals surface area contributed by atoms with Crippen molar-refractivity contribution in [2.75, 3.05) is 32.7 Å². The summed E-state index contributed by atoms with van der Waals surface area (Å²) in [6.07, 6.45) is 8.77. The highest BCUT2D eigenvalue weighted by Gasteiger charge is 2.21. The monoisotopic (exact) mass is 224 g/mol. The molecular formula is C14H28N2. The van der Waals surface area contributed by atoms with Crippen molar-refractivity contribution >= 4 is 0 Å². The molecule has 2 nitrogen and oxygen atoms in total. The third-order valence-electron chi connectivity index (χ3n) is 4.41. The summed E-state index contributed by atoms with van der Waals surface area (Å²) >= 11 is 0. The first-order valence-corrected chi connectivity index (χ1v) is 7.31. The molecule has 94 valence electrons. The topological polar surface area (TPSA) is 15.3 Å². The van der Waals surface area contributed by atoms with Crippen molar-refractivity contribution < 1.29 is 0 Å². The van der Waals surface area contributed by atoms with Crippen LogP contribution in [0.5, 0.6) is 0 Å². The van der Waals surface area contributed by atoms with Gasteiger partial charge in [0.25, 0.3) is 0 Å². The molecule has 1 N–H and O–H groups in total. The number of rotatable bonds is 5. The SMILES string of the molecule is CCN1CCC(CNCC2CCCCC2)C1. The number of likely N-dealkylation sites (tertiary alicyclic amines) is 1. The van der Waals surface area contributed by atoms with E-state index in [9.17, 15) is 0 Å². The van der Waals surface area contributed by atoms with Crippen LogP contribution in [-0.2, 0) is 0 Å². The predicted molar refractivity (Wildman–Crippen MR) is 69.7 cm³/mol. The van der Waals surface area contributed by atoms with E-state index in [-0.39, 0.29) is 0 Å². The molecule has 2 heteroatoms. The van der Waals surface area contributed by atoms with Crippen LogP contribution in [0.15, 0.2) is 0 Å². The molecule has 1 saturated heterocycles. The fourth-order valence-electron chi connectivity index (χ4n) is 3.25. The highest BCUT2D eigenvalue weighted by atomic mass is 15.1. The Labute approximate surface area is 101 Å². The van der Waals surface area contributed by atoms with E-state index >= 15 is 0 Å². The zero-order chi connectivity index (χ0) is 11.2. The van der Waals surface area contributed by atoms with E-state index < -0.39 is 0 Å². The van der Waals surface area contributed by atoms with Gasteiger partial charge < -0.3 is 10.2 Å². The Morgan fingerprint density at radius 2 is 1.75 bits per heavy atom. The Bertz CT molecular complexity index is 187. The molecule has 1 atom stereocenters. The number of nitrogens with one attached hydrogen (secondary N) is 1. The minimum absolute atomic E-state index is 0.920. The summed E-state index contributed by atoms with van der Waals surface area (Å²) in [7, 11) is 0. The maximum absolute atomic E-state index is 3.72. The van der Waals surface area contributed by atoms with Crippen molar-refractivity contribution in [1.29, 1.82) is 0 Å². The standard InChI is InChI=1S/C14H28N2/c1-2-16-9-8-14(12-16)11-15-10-13-6-4-3-5-7-13/h13-15H,2-12H2,1H3. The molecular weight excluding hydrogens is 196 g/mol. The third-order valence-corrected chi connectivity index (χ3v) is 4.41. The smallest absolute Gasteiger partial charge is 0.00222 e. The van der Waals surface area contributed by atoms with E-state index in [1.807, 2.05) is 0 Å². The quantitative estimate of drug-likeness (QED) is 0.772. The molecule has 0 amide bonds. The summed E-state index contributed by atoms with van der Waals surface area (Å²) in [6, 6.07) is 0. The normalized spacial score (nSPS) is 28.7. The summed E-state index contributed by atoms with van der Waals surface area (Å²) < 4.78 is 0. The van der Waals surface area contributed by atoms with Crippen molar-refractivity contribution in [2.45, 2.75) is 45.4 Å². The largest absolute Gasteiger partial charge is 0.316 e. The maximum Gasteiger partial charge on any atom is 0.00222 e. The number of hydrogen-bond acceptors (Lipinski definition) is 2. The van der Waals surface area contributed by atoms with Gasteiger partial charge in [0.05, 0.1) is 0 Å². The van der Waals surface area contributed by atoms with Crippen LogP contribution in [0.2, 0.25) is 0 Å². The Morgan fingerprint density at radius 3 is 2.44 bits per heavy atom. The fraction of sp³-hybridized carbons (Fsp3) is 1.00. The van der Waals surface area contributed by atoms with Crippen LogP contribution in [0.25, 0.3) is 0 Å². The third kappa shape index (κ3) is 3.74. The molecule has 0 aromatic heterocycles. The van der Waals surface area contributed by atoms with Gasteiger partial charge in [-0.25, -0.2) is 0 Å². The molecule has 2 aliphatic rings. The zero-order valence-corrected chi connectivity index (χ0v) is 10.9. The second-order valence-corrected chi connectivity index (χ2v) is 5.71. The van der Waals surface area contributed by atoms with E-state index in [0.29, 0.717) is 0 Å². The zero-order valence-electron chi connectivity index (χ0n) is 10.9. The van der Waals surface area contributed by atoms with Gasteiger partial charge in [-0.1, -0.05) is 26.2 Å². The van der Waals surface area contributed by atoms with Gasteiger partial charge in [0.15, 0.2) is 0 Å². The second-order valence-electron chi connectivity index (χ2n) is 5.71. The maximum atomic E-state index is 3.72. The van der Waals surface area contributed by atoms with Crippen LogP contribution in [0.3, 0.4) is 0 Å². The second kappa shape index (κ2) is 6.61. The number of nitrogens with zero attached hydrogens (tertiary/aromatic N) is 1. The molecule has 1 aliphatic heterocycles. The Morgan fingerprint density at radius 1 is 1.00 bits per heavy atom. The van der Waals surface area contributed by atoms with Gasteiger partial charge in [0.1, 0.15) is 0 Å². The van der Waals surface area contributed by atoms with Gasteiger partial charge in [-0.15, -0.1) is 0 Å². The van der Waals surface area contributed by atoms with Crippen molar-refractivity contribution in [3.05, 3.63) is 0 Å². The molecule has 0 aromatic rings. The summed E-state index contributed by atoms with van der Waals surface area (Å²) in [4.78, 5) is 2.58. The highest BCUT2D eigenvalue weighted by molar-refractivity contribution is 4.77. The van der Waals surface area contributed by atoms with Crippen molar-refractivity contribution in [1.82, 2.24) is 10.2 Å². The summed E-state index contributed by atoms with van der Waals surface area (Å²) in [5, 5.41) is 3.72. The van der Waals surface area contributed by atoms with Crippen LogP contribution in [-0.4, -0.2) is 37.6 Å². The predicted octanol–water partition coefficient (Wildman–Crippen LogP) is 2.50. The first-order valence-electron chi connectivity index (χ1n) is 7.31. The van der Waals surface area contributed by atoms with Crippen LogP contribution in [0.1, 0.15) is 45.4 Å². The fourth-order valence-corrected chi connectivity index (χ4v) is 3.25. The Balaban J connectivity index is 1.54. The molecule has 1 saturated carbocycles. The van der Waals surface area contributed by atoms with Gasteiger partial charge in [0, 0.05) is 6.54 Å². The molecule has 0 radical (unpaired) electrons. The van der Waals surface area contributed by atoms with E-state index in [1.165, 1.54) is 71.2 Å². The van der Waals surface area contributed by atoms with Crippen molar-refractivity contribution in [2.24, 2.45) is 11.8 Å². The van der Waals surface area contributed by atoms with E-state index in [4.69, 9.17) is 0 Å². The average molecular weight is 224 g/mol. The summed E-state index contributed by atoms with van der Waals surface area (Å²) in [6.45, 7) is 8.70.